The van der Waals surface area contributed by atoms with Crippen LogP contribution in [0.4, 0.5) is 0 Å². The van der Waals surface area contributed by atoms with Gasteiger partial charge in [-0.1, -0.05) is 39.8 Å². The number of carbonyl (C=O) groups excluding carboxylic acids is 1. The molecule has 1 saturated carbocycles. The zero-order valence-electron chi connectivity index (χ0n) is 14.3. The van der Waals surface area contributed by atoms with E-state index in [4.69, 9.17) is 4.74 Å². The first kappa shape index (κ1) is 15.3. The first-order chi connectivity index (χ1) is 10.3. The molecular weight excluding hydrogens is 272 g/mol. The Hall–Kier alpha value is -1.57. The quantitative estimate of drug-likeness (QED) is 0.773. The largest absolute Gasteiger partial charge is 0.496 e. The number of hydrogen-bond donors (Lipinski definition) is 0. The van der Waals surface area contributed by atoms with Crippen molar-refractivity contribution in [2.45, 2.75) is 52.4 Å². The number of rotatable bonds is 2. The third-order valence-corrected chi connectivity index (χ3v) is 5.50. The van der Waals surface area contributed by atoms with Crippen molar-refractivity contribution in [3.63, 3.8) is 0 Å². The van der Waals surface area contributed by atoms with E-state index in [0.29, 0.717) is 24.0 Å². The van der Waals surface area contributed by atoms with Crippen molar-refractivity contribution >= 4 is 11.9 Å². The SMILES string of the molecule is COc1cc2c(cc1C(C)C)C=CC1C2C(=O)CCC1(C)C. The Morgan fingerprint density at radius 1 is 1.27 bits per heavy atom. The summed E-state index contributed by atoms with van der Waals surface area (Å²) in [6.07, 6.45) is 6.15. The van der Waals surface area contributed by atoms with Crippen molar-refractivity contribution in [1.82, 2.24) is 0 Å². The molecule has 2 atom stereocenters. The molecule has 0 amide bonds. The van der Waals surface area contributed by atoms with Crippen LogP contribution in [0.3, 0.4) is 0 Å². The second kappa shape index (κ2) is 5.26. The van der Waals surface area contributed by atoms with Crippen LogP contribution >= 0.6 is 0 Å². The molecule has 118 valence electrons. The van der Waals surface area contributed by atoms with Crippen LogP contribution in [0.5, 0.6) is 5.75 Å². The highest BCUT2D eigenvalue weighted by Gasteiger charge is 2.44. The van der Waals surface area contributed by atoms with Gasteiger partial charge in [0.2, 0.25) is 0 Å². The summed E-state index contributed by atoms with van der Waals surface area (Å²) in [5.74, 6) is 2.01. The van der Waals surface area contributed by atoms with Gasteiger partial charge in [0.25, 0.3) is 0 Å². The van der Waals surface area contributed by atoms with Crippen LogP contribution in [-0.4, -0.2) is 12.9 Å². The standard InChI is InChI=1S/C20H26O2/c1-12(2)14-10-13-6-7-16-19(15(13)11-18(14)22-5)17(21)8-9-20(16,3)4/h6-7,10-12,16,19H,8-9H2,1-5H3. The van der Waals surface area contributed by atoms with Gasteiger partial charge in [0.05, 0.1) is 13.0 Å². The number of allylic oxidation sites excluding steroid dienone is 1. The summed E-state index contributed by atoms with van der Waals surface area (Å²) in [5.41, 5.74) is 3.74. The lowest BCUT2D eigenvalue weighted by Crippen LogP contribution is -2.39. The fraction of sp³-hybridized carbons (Fsp3) is 0.550. The second-order valence-electron chi connectivity index (χ2n) is 7.70. The fourth-order valence-corrected chi connectivity index (χ4v) is 4.04. The second-order valence-corrected chi connectivity index (χ2v) is 7.70. The monoisotopic (exact) mass is 298 g/mol. The molecule has 2 nitrogen and oxygen atoms in total. The summed E-state index contributed by atoms with van der Waals surface area (Å²) >= 11 is 0. The normalized spacial score (nSPS) is 25.8. The molecule has 0 N–H and O–H groups in total. The molecule has 0 spiro atoms. The molecule has 0 aromatic heterocycles. The van der Waals surface area contributed by atoms with E-state index in [1.165, 1.54) is 11.1 Å². The Labute approximate surface area is 133 Å². The van der Waals surface area contributed by atoms with E-state index in [1.54, 1.807) is 7.11 Å². The maximum absolute atomic E-state index is 12.6. The van der Waals surface area contributed by atoms with Crippen molar-refractivity contribution in [2.75, 3.05) is 7.11 Å². The maximum Gasteiger partial charge on any atom is 0.140 e. The van der Waals surface area contributed by atoms with E-state index in [9.17, 15) is 4.79 Å². The van der Waals surface area contributed by atoms with Gasteiger partial charge in [0.15, 0.2) is 0 Å². The van der Waals surface area contributed by atoms with E-state index >= 15 is 0 Å². The van der Waals surface area contributed by atoms with Crippen molar-refractivity contribution < 1.29 is 9.53 Å². The third-order valence-electron chi connectivity index (χ3n) is 5.50. The number of benzene rings is 1. The number of fused-ring (bicyclic) bond motifs is 3. The molecule has 1 aromatic carbocycles. The zero-order chi connectivity index (χ0) is 16.1. The van der Waals surface area contributed by atoms with E-state index in [0.717, 1.165) is 17.7 Å². The molecule has 1 aromatic rings. The van der Waals surface area contributed by atoms with Gasteiger partial charge in [-0.2, -0.15) is 0 Å². The Balaban J connectivity index is 2.15. The molecule has 2 aliphatic carbocycles. The number of carbonyl (C=O) groups is 1. The zero-order valence-corrected chi connectivity index (χ0v) is 14.3. The van der Waals surface area contributed by atoms with E-state index in [1.807, 2.05) is 0 Å². The molecule has 0 saturated heterocycles. The Morgan fingerprint density at radius 3 is 2.64 bits per heavy atom. The smallest absolute Gasteiger partial charge is 0.140 e. The minimum absolute atomic E-state index is 0.00105. The van der Waals surface area contributed by atoms with E-state index < -0.39 is 0 Å². The number of Topliss-reactive ketones (excluding diaryl/α,β-unsaturated/α-hetero) is 1. The molecule has 2 aliphatic rings. The lowest BCUT2D eigenvalue weighted by atomic mass is 9.59. The molecular formula is C20H26O2. The van der Waals surface area contributed by atoms with Crippen LogP contribution in [0.25, 0.3) is 6.08 Å². The Kier molecular flexibility index (Phi) is 3.66. The molecule has 2 heteroatoms. The van der Waals surface area contributed by atoms with Gasteiger partial charge in [-0.05, 0) is 52.5 Å². The van der Waals surface area contributed by atoms with Crippen molar-refractivity contribution in [1.29, 1.82) is 0 Å². The first-order valence-electron chi connectivity index (χ1n) is 8.28. The number of ketones is 1. The minimum Gasteiger partial charge on any atom is -0.496 e. The third kappa shape index (κ3) is 2.29. The van der Waals surface area contributed by atoms with Gasteiger partial charge < -0.3 is 4.74 Å². The van der Waals surface area contributed by atoms with Crippen LogP contribution in [0.2, 0.25) is 0 Å². The average Bonchev–Trinajstić information content (AvgIpc) is 2.49. The summed E-state index contributed by atoms with van der Waals surface area (Å²) in [4.78, 5) is 12.6. The van der Waals surface area contributed by atoms with Crippen molar-refractivity contribution in [3.05, 3.63) is 34.9 Å². The van der Waals surface area contributed by atoms with Crippen LogP contribution in [-0.2, 0) is 4.79 Å². The van der Waals surface area contributed by atoms with Crippen LogP contribution < -0.4 is 4.74 Å². The van der Waals surface area contributed by atoms with Gasteiger partial charge in [0, 0.05) is 6.42 Å². The highest BCUT2D eigenvalue weighted by Crippen LogP contribution is 2.51. The molecule has 0 bridgehead atoms. The summed E-state index contributed by atoms with van der Waals surface area (Å²) in [7, 11) is 1.72. The van der Waals surface area contributed by atoms with Crippen molar-refractivity contribution in [3.8, 4) is 5.75 Å². The highest BCUT2D eigenvalue weighted by atomic mass is 16.5. The first-order valence-corrected chi connectivity index (χ1v) is 8.28. The summed E-state index contributed by atoms with van der Waals surface area (Å²) < 4.78 is 5.60. The number of ether oxygens (including phenoxy) is 1. The van der Waals surface area contributed by atoms with Gasteiger partial charge in [-0.25, -0.2) is 0 Å². The lowest BCUT2D eigenvalue weighted by molar-refractivity contribution is -0.125. The van der Waals surface area contributed by atoms with Gasteiger partial charge in [0.1, 0.15) is 11.5 Å². The number of hydrogen-bond acceptors (Lipinski definition) is 2. The summed E-state index contributed by atoms with van der Waals surface area (Å²) in [6.45, 7) is 8.92. The fourth-order valence-electron chi connectivity index (χ4n) is 4.04. The summed E-state index contributed by atoms with van der Waals surface area (Å²) in [5, 5.41) is 0. The van der Waals surface area contributed by atoms with E-state index in [2.05, 4.69) is 52.0 Å². The molecule has 22 heavy (non-hydrogen) atoms. The molecule has 0 aliphatic heterocycles. The average molecular weight is 298 g/mol. The Morgan fingerprint density at radius 2 is 2.00 bits per heavy atom. The van der Waals surface area contributed by atoms with E-state index in [-0.39, 0.29) is 11.3 Å². The molecule has 0 radical (unpaired) electrons. The van der Waals surface area contributed by atoms with Gasteiger partial charge in [-0.3, -0.25) is 4.79 Å². The molecule has 1 fully saturated rings. The topological polar surface area (TPSA) is 26.3 Å². The highest BCUT2D eigenvalue weighted by molar-refractivity contribution is 5.90. The minimum atomic E-state index is -0.00105. The van der Waals surface area contributed by atoms with Gasteiger partial charge in [-0.15, -0.1) is 0 Å². The van der Waals surface area contributed by atoms with Gasteiger partial charge >= 0.3 is 0 Å². The predicted molar refractivity (Wildman–Crippen MR) is 90.4 cm³/mol. The van der Waals surface area contributed by atoms with Crippen molar-refractivity contribution in [2.24, 2.45) is 11.3 Å². The predicted octanol–water partition coefficient (Wildman–Crippen LogP) is 4.93. The molecule has 2 unspecified atom stereocenters. The van der Waals surface area contributed by atoms with Crippen LogP contribution in [0.1, 0.15) is 69.1 Å². The van der Waals surface area contributed by atoms with Crippen LogP contribution in [0, 0.1) is 11.3 Å². The van der Waals surface area contributed by atoms with Crippen LogP contribution in [0.15, 0.2) is 18.2 Å². The molecule has 3 rings (SSSR count). The maximum atomic E-state index is 12.6. The number of methoxy groups -OCH3 is 1. The summed E-state index contributed by atoms with van der Waals surface area (Å²) in [6, 6.07) is 4.32. The molecule has 0 heterocycles. The lowest BCUT2D eigenvalue weighted by Gasteiger charge is -2.44. The Bertz CT molecular complexity index is 637.